The van der Waals surface area contributed by atoms with Gasteiger partial charge in [0.1, 0.15) is 5.82 Å². The second kappa shape index (κ2) is 8.25. The highest BCUT2D eigenvalue weighted by Gasteiger charge is 2.10. The van der Waals surface area contributed by atoms with Crippen molar-refractivity contribution < 1.29 is 0 Å². The molecule has 3 aromatic carbocycles. The van der Waals surface area contributed by atoms with Crippen LogP contribution in [0, 0.1) is 0 Å². The summed E-state index contributed by atoms with van der Waals surface area (Å²) >= 11 is 0. The Hall–Kier alpha value is -4.23. The first kappa shape index (κ1) is 18.8. The molecule has 5 N–H and O–H groups in total. The molecule has 0 atom stereocenters. The van der Waals surface area contributed by atoms with Crippen molar-refractivity contribution in [2.75, 3.05) is 10.6 Å². The van der Waals surface area contributed by atoms with Crippen LogP contribution in [0.2, 0.25) is 0 Å². The molecule has 0 radical (unpaired) electrons. The lowest BCUT2D eigenvalue weighted by atomic mass is 10.1. The molecule has 0 aliphatic carbocycles. The van der Waals surface area contributed by atoms with Gasteiger partial charge in [0.15, 0.2) is 11.6 Å². The molecule has 31 heavy (non-hydrogen) atoms. The minimum atomic E-state index is 0.520. The number of H-pyrrole nitrogens is 1. The number of anilines is 4. The van der Waals surface area contributed by atoms with E-state index in [0.29, 0.717) is 18.2 Å². The predicted octanol–water partition coefficient (Wildman–Crippen LogP) is 4.97. The second-order valence-electron chi connectivity index (χ2n) is 7.11. The Morgan fingerprint density at radius 2 is 1.32 bits per heavy atom. The Morgan fingerprint density at radius 1 is 0.742 bits per heavy atom. The molecule has 0 amide bonds. The van der Waals surface area contributed by atoms with Gasteiger partial charge in [0, 0.05) is 46.6 Å². The molecule has 0 fully saturated rings. The van der Waals surface area contributed by atoms with Gasteiger partial charge < -0.3 is 21.4 Å². The molecule has 0 aliphatic heterocycles. The molecule has 7 nitrogen and oxygen atoms in total. The normalized spacial score (nSPS) is 10.9. The number of hydrogen-bond acceptors (Lipinski definition) is 6. The first-order valence-electron chi connectivity index (χ1n) is 9.98. The molecule has 0 saturated heterocycles. The Morgan fingerprint density at radius 3 is 1.84 bits per heavy atom. The smallest absolute Gasteiger partial charge is 0.161 e. The van der Waals surface area contributed by atoms with E-state index in [0.717, 1.165) is 39.1 Å². The number of imidazole rings is 1. The molecule has 7 heteroatoms. The fourth-order valence-corrected chi connectivity index (χ4v) is 3.42. The lowest BCUT2D eigenvalue weighted by molar-refractivity contribution is 1.06. The SMILES string of the molecule is NCc1ccc(Nc2nnc(Nc3ccc(-c4ncc[nH]4)cc3)c3ccccc23)cc1. The van der Waals surface area contributed by atoms with Crippen LogP contribution in [0.3, 0.4) is 0 Å². The highest BCUT2D eigenvalue weighted by atomic mass is 15.2. The van der Waals surface area contributed by atoms with Crippen LogP contribution in [-0.2, 0) is 6.54 Å². The maximum Gasteiger partial charge on any atom is 0.161 e. The lowest BCUT2D eigenvalue weighted by Gasteiger charge is -2.13. The topological polar surface area (TPSA) is 105 Å². The van der Waals surface area contributed by atoms with Crippen LogP contribution in [0.4, 0.5) is 23.0 Å². The number of hydrogen-bond donors (Lipinski definition) is 4. The zero-order valence-corrected chi connectivity index (χ0v) is 16.7. The van der Waals surface area contributed by atoms with E-state index in [4.69, 9.17) is 5.73 Å². The van der Waals surface area contributed by atoms with Crippen molar-refractivity contribution in [2.24, 2.45) is 5.73 Å². The van der Waals surface area contributed by atoms with Crippen LogP contribution >= 0.6 is 0 Å². The summed E-state index contributed by atoms with van der Waals surface area (Å²) in [7, 11) is 0. The first-order chi connectivity index (χ1) is 15.3. The van der Waals surface area contributed by atoms with Crippen LogP contribution in [0.1, 0.15) is 5.56 Å². The van der Waals surface area contributed by atoms with Crippen LogP contribution in [0.5, 0.6) is 0 Å². The van der Waals surface area contributed by atoms with Gasteiger partial charge in [-0.3, -0.25) is 0 Å². The molecule has 5 aromatic rings. The van der Waals surface area contributed by atoms with E-state index < -0.39 is 0 Å². The molecule has 2 aromatic heterocycles. The molecule has 2 heterocycles. The summed E-state index contributed by atoms with van der Waals surface area (Å²) in [5, 5.41) is 17.6. The summed E-state index contributed by atoms with van der Waals surface area (Å²) in [6.45, 7) is 0.520. The third kappa shape index (κ3) is 3.94. The highest BCUT2D eigenvalue weighted by Crippen LogP contribution is 2.30. The van der Waals surface area contributed by atoms with Crippen molar-refractivity contribution in [1.82, 2.24) is 20.2 Å². The fourth-order valence-electron chi connectivity index (χ4n) is 3.42. The van der Waals surface area contributed by atoms with Crippen molar-refractivity contribution in [3.8, 4) is 11.4 Å². The lowest BCUT2D eigenvalue weighted by Crippen LogP contribution is -2.02. The van der Waals surface area contributed by atoms with Gasteiger partial charge in [0.25, 0.3) is 0 Å². The van der Waals surface area contributed by atoms with Gasteiger partial charge in [-0.1, -0.05) is 36.4 Å². The number of aromatic nitrogens is 4. The van der Waals surface area contributed by atoms with Crippen LogP contribution in [0.15, 0.2) is 85.2 Å². The van der Waals surface area contributed by atoms with Crippen molar-refractivity contribution in [3.63, 3.8) is 0 Å². The second-order valence-corrected chi connectivity index (χ2v) is 7.11. The molecule has 0 saturated carbocycles. The Bertz CT molecular complexity index is 1290. The van der Waals surface area contributed by atoms with E-state index in [9.17, 15) is 0 Å². The summed E-state index contributed by atoms with van der Waals surface area (Å²) in [6, 6.07) is 24.1. The standard InChI is InChI=1S/C24H21N7/c25-15-16-5-9-18(10-6-16)28-23-20-3-1-2-4-21(20)24(31-30-23)29-19-11-7-17(8-12-19)22-26-13-14-27-22/h1-14H,15,25H2,(H,26,27)(H,28,30)(H,29,31). The zero-order valence-electron chi connectivity index (χ0n) is 16.7. The van der Waals surface area contributed by atoms with Crippen molar-refractivity contribution in [2.45, 2.75) is 6.54 Å². The minimum Gasteiger partial charge on any atom is -0.345 e. The Balaban J connectivity index is 1.43. The van der Waals surface area contributed by atoms with Gasteiger partial charge >= 0.3 is 0 Å². The highest BCUT2D eigenvalue weighted by molar-refractivity contribution is 6.00. The minimum absolute atomic E-state index is 0.520. The van der Waals surface area contributed by atoms with Crippen LogP contribution in [-0.4, -0.2) is 20.2 Å². The molecular weight excluding hydrogens is 386 g/mol. The van der Waals surface area contributed by atoms with E-state index in [-0.39, 0.29) is 0 Å². The summed E-state index contributed by atoms with van der Waals surface area (Å²) in [5.74, 6) is 2.24. The number of aromatic amines is 1. The number of nitrogens with one attached hydrogen (secondary N) is 3. The van der Waals surface area contributed by atoms with Gasteiger partial charge in [-0.2, -0.15) is 0 Å². The summed E-state index contributed by atoms with van der Waals surface area (Å²) in [4.78, 5) is 7.40. The number of nitrogens with zero attached hydrogens (tertiary/aromatic N) is 3. The van der Waals surface area contributed by atoms with Gasteiger partial charge in [-0.25, -0.2) is 4.98 Å². The third-order valence-electron chi connectivity index (χ3n) is 5.06. The molecule has 152 valence electrons. The zero-order chi connectivity index (χ0) is 21.0. The first-order valence-corrected chi connectivity index (χ1v) is 9.98. The number of fused-ring (bicyclic) bond motifs is 1. The van der Waals surface area contributed by atoms with Gasteiger partial charge in [0.05, 0.1) is 0 Å². The largest absolute Gasteiger partial charge is 0.345 e. The van der Waals surface area contributed by atoms with E-state index >= 15 is 0 Å². The van der Waals surface area contributed by atoms with Gasteiger partial charge in [-0.15, -0.1) is 10.2 Å². The maximum absolute atomic E-state index is 5.69. The predicted molar refractivity (Wildman–Crippen MR) is 124 cm³/mol. The van der Waals surface area contributed by atoms with Crippen molar-refractivity contribution in [1.29, 1.82) is 0 Å². The fraction of sp³-hybridized carbons (Fsp3) is 0.0417. The van der Waals surface area contributed by atoms with E-state index in [1.54, 1.807) is 6.20 Å². The molecular formula is C24H21N7. The third-order valence-corrected chi connectivity index (χ3v) is 5.06. The Kier molecular flexibility index (Phi) is 5.00. The van der Waals surface area contributed by atoms with Crippen LogP contribution in [0.25, 0.3) is 22.2 Å². The van der Waals surface area contributed by atoms with E-state index in [2.05, 4.69) is 30.8 Å². The van der Waals surface area contributed by atoms with Crippen molar-refractivity contribution >= 4 is 33.8 Å². The maximum atomic E-state index is 5.69. The quantitative estimate of drug-likeness (QED) is 0.317. The number of nitrogens with two attached hydrogens (primary N) is 1. The molecule has 0 aliphatic rings. The molecule has 0 unspecified atom stereocenters. The van der Waals surface area contributed by atoms with E-state index in [1.807, 2.05) is 79.0 Å². The van der Waals surface area contributed by atoms with Gasteiger partial charge in [-0.05, 0) is 42.0 Å². The summed E-state index contributed by atoms with van der Waals surface area (Å²) < 4.78 is 0. The molecule has 5 rings (SSSR count). The Labute approximate surface area is 179 Å². The molecule has 0 bridgehead atoms. The van der Waals surface area contributed by atoms with E-state index in [1.165, 1.54) is 0 Å². The summed E-state index contributed by atoms with van der Waals surface area (Å²) in [5.41, 5.74) is 9.65. The number of rotatable bonds is 6. The van der Waals surface area contributed by atoms with Crippen molar-refractivity contribution in [3.05, 3.63) is 90.8 Å². The van der Waals surface area contributed by atoms with Crippen LogP contribution < -0.4 is 16.4 Å². The number of benzene rings is 3. The summed E-state index contributed by atoms with van der Waals surface area (Å²) in [6.07, 6.45) is 3.55. The molecule has 0 spiro atoms. The average Bonchev–Trinajstić information content (AvgIpc) is 3.37. The average molecular weight is 407 g/mol. The monoisotopic (exact) mass is 407 g/mol. The van der Waals surface area contributed by atoms with Gasteiger partial charge in [0.2, 0.25) is 0 Å².